The number of aromatic nitrogens is 2. The molecule has 2 unspecified atom stereocenters. The highest BCUT2D eigenvalue weighted by molar-refractivity contribution is 8.00. The van der Waals surface area contributed by atoms with Crippen LogP contribution in [0.4, 0.5) is 17.6 Å². The summed E-state index contributed by atoms with van der Waals surface area (Å²) < 4.78 is 58.4. The molecule has 0 spiro atoms. The lowest BCUT2D eigenvalue weighted by Gasteiger charge is -2.37. The van der Waals surface area contributed by atoms with Crippen molar-refractivity contribution in [2.75, 3.05) is 6.61 Å². The summed E-state index contributed by atoms with van der Waals surface area (Å²) in [6, 6.07) is 6.69. The van der Waals surface area contributed by atoms with Crippen molar-refractivity contribution in [3.05, 3.63) is 47.3 Å². The molecule has 1 aromatic heterocycles. The van der Waals surface area contributed by atoms with Gasteiger partial charge in [-0.25, -0.2) is 4.39 Å². The van der Waals surface area contributed by atoms with Gasteiger partial charge in [0.2, 0.25) is 0 Å². The summed E-state index contributed by atoms with van der Waals surface area (Å²) in [6.45, 7) is 5.00. The summed E-state index contributed by atoms with van der Waals surface area (Å²) in [5.74, 6) is 0. The zero-order valence-electron chi connectivity index (χ0n) is 15.8. The molecule has 2 atom stereocenters. The molecule has 1 aliphatic rings. The average molecular weight is 418 g/mol. The third kappa shape index (κ3) is 4.63. The number of hydrogen-bond acceptors (Lipinski definition) is 4. The molecule has 9 heteroatoms. The van der Waals surface area contributed by atoms with Gasteiger partial charge in [0.05, 0.1) is 5.56 Å². The van der Waals surface area contributed by atoms with E-state index in [9.17, 15) is 22.8 Å². The molecule has 0 bridgehead atoms. The number of rotatable bonds is 4. The van der Waals surface area contributed by atoms with Gasteiger partial charge in [0.1, 0.15) is 23.2 Å². The Kier molecular flexibility index (Phi) is 5.44. The highest BCUT2D eigenvalue weighted by Gasteiger charge is 2.38. The van der Waals surface area contributed by atoms with Crippen LogP contribution < -0.4 is 0 Å². The molecule has 2 aromatic rings. The Hall–Kier alpha value is -1.74. The fraction of sp³-hybridized carbons (Fsp3) is 0.526. The van der Waals surface area contributed by atoms with Gasteiger partial charge in [0.25, 0.3) is 0 Å². The van der Waals surface area contributed by atoms with Crippen LogP contribution in [-0.2, 0) is 16.6 Å². The van der Waals surface area contributed by atoms with Gasteiger partial charge in [0, 0.05) is 16.2 Å². The molecular weight excluding hydrogens is 396 g/mol. The van der Waals surface area contributed by atoms with Crippen LogP contribution >= 0.6 is 11.8 Å². The monoisotopic (exact) mass is 418 g/mol. The van der Waals surface area contributed by atoms with E-state index in [0.29, 0.717) is 34.9 Å². The molecule has 4 nitrogen and oxygen atoms in total. The van der Waals surface area contributed by atoms with Gasteiger partial charge in [-0.05, 0) is 57.9 Å². The van der Waals surface area contributed by atoms with E-state index in [-0.39, 0.29) is 5.69 Å². The van der Waals surface area contributed by atoms with E-state index in [2.05, 4.69) is 5.10 Å². The minimum atomic E-state index is -4.39. The summed E-state index contributed by atoms with van der Waals surface area (Å²) >= 11 is 1.35. The highest BCUT2D eigenvalue weighted by Crippen LogP contribution is 2.46. The number of nitrogens with zero attached hydrogens (tertiary/aromatic N) is 2. The van der Waals surface area contributed by atoms with Crippen molar-refractivity contribution in [1.82, 2.24) is 9.94 Å². The zero-order chi connectivity index (χ0) is 20.7. The summed E-state index contributed by atoms with van der Waals surface area (Å²) in [5, 5.41) is 13.9. The largest absolute Gasteiger partial charge is 0.416 e. The first kappa shape index (κ1) is 21.0. The Bertz CT molecular complexity index is 847. The first-order valence-electron chi connectivity index (χ1n) is 8.84. The second-order valence-electron chi connectivity index (χ2n) is 7.71. The van der Waals surface area contributed by atoms with E-state index in [4.69, 9.17) is 4.74 Å². The van der Waals surface area contributed by atoms with Crippen LogP contribution in [0.2, 0.25) is 0 Å². The minimum absolute atomic E-state index is 0.0893. The Morgan fingerprint density at radius 2 is 1.96 bits per heavy atom. The predicted octanol–water partition coefficient (Wildman–Crippen LogP) is 5.75. The Labute approximate surface area is 164 Å². The molecule has 1 fully saturated rings. The third-order valence-electron chi connectivity index (χ3n) is 4.75. The summed E-state index contributed by atoms with van der Waals surface area (Å²) in [4.78, 5) is 1.14. The minimum Gasteiger partial charge on any atom is -0.411 e. The Morgan fingerprint density at radius 3 is 2.57 bits per heavy atom. The fourth-order valence-corrected chi connectivity index (χ4v) is 4.49. The van der Waals surface area contributed by atoms with E-state index in [1.807, 2.05) is 6.92 Å². The molecule has 0 aliphatic carbocycles. The van der Waals surface area contributed by atoms with E-state index in [1.54, 1.807) is 6.07 Å². The van der Waals surface area contributed by atoms with E-state index in [1.165, 1.54) is 37.7 Å². The molecular formula is C19H22F4N2O2S. The van der Waals surface area contributed by atoms with Crippen LogP contribution in [0, 0.1) is 0 Å². The molecule has 28 heavy (non-hydrogen) atoms. The highest BCUT2D eigenvalue weighted by atomic mass is 32.2. The second-order valence-corrected chi connectivity index (χ2v) is 9.37. The Balaban J connectivity index is 1.80. The maximum absolute atomic E-state index is 14.1. The summed E-state index contributed by atoms with van der Waals surface area (Å²) in [6.07, 6.45) is -3.86. The van der Waals surface area contributed by atoms with Gasteiger partial charge in [-0.2, -0.15) is 13.2 Å². The molecule has 1 aliphatic heterocycles. The molecule has 154 valence electrons. The van der Waals surface area contributed by atoms with E-state index in [0.717, 1.165) is 12.1 Å². The average Bonchev–Trinajstić information content (AvgIpc) is 2.96. The molecule has 0 radical (unpaired) electrons. The van der Waals surface area contributed by atoms with Crippen molar-refractivity contribution >= 4 is 11.8 Å². The summed E-state index contributed by atoms with van der Waals surface area (Å²) in [7, 11) is 0. The van der Waals surface area contributed by atoms with Gasteiger partial charge >= 0.3 is 6.18 Å². The van der Waals surface area contributed by atoms with Crippen LogP contribution in [0.15, 0.2) is 35.2 Å². The number of halogens is 4. The van der Waals surface area contributed by atoms with Crippen molar-refractivity contribution in [3.8, 4) is 0 Å². The molecule has 2 heterocycles. The third-order valence-corrected chi connectivity index (χ3v) is 6.10. The lowest BCUT2D eigenvalue weighted by Crippen LogP contribution is -2.32. The molecule has 0 saturated carbocycles. The molecule has 3 rings (SSSR count). The van der Waals surface area contributed by atoms with Crippen LogP contribution in [0.25, 0.3) is 0 Å². The number of ether oxygens (including phenoxy) is 1. The molecule has 1 N–H and O–H groups in total. The zero-order valence-corrected chi connectivity index (χ0v) is 16.6. The van der Waals surface area contributed by atoms with Crippen LogP contribution in [0.1, 0.15) is 56.7 Å². The molecule has 1 aromatic carbocycles. The van der Waals surface area contributed by atoms with Gasteiger partial charge in [0.15, 0.2) is 0 Å². The van der Waals surface area contributed by atoms with Crippen molar-refractivity contribution in [2.45, 2.75) is 61.2 Å². The normalized spacial score (nSPS) is 23.8. The topological polar surface area (TPSA) is 47.3 Å². The predicted molar refractivity (Wildman–Crippen MR) is 97.2 cm³/mol. The van der Waals surface area contributed by atoms with Crippen LogP contribution in [0.5, 0.6) is 0 Å². The molecule has 0 amide bonds. The van der Waals surface area contributed by atoms with Gasteiger partial charge in [-0.3, -0.25) is 0 Å². The lowest BCUT2D eigenvalue weighted by molar-refractivity contribution is -0.137. The number of alkyl halides is 4. The molecule has 1 saturated heterocycles. The van der Waals surface area contributed by atoms with Crippen molar-refractivity contribution < 1.29 is 27.5 Å². The van der Waals surface area contributed by atoms with Gasteiger partial charge < -0.3 is 9.94 Å². The van der Waals surface area contributed by atoms with Gasteiger partial charge in [-0.1, -0.05) is 6.07 Å². The maximum Gasteiger partial charge on any atom is 0.416 e. The summed E-state index contributed by atoms with van der Waals surface area (Å²) in [5.41, 5.74) is -1.98. The number of benzene rings is 1. The quantitative estimate of drug-likeness (QED) is 0.508. The number of hydrogen-bond donors (Lipinski definition) is 1. The second kappa shape index (κ2) is 7.26. The Morgan fingerprint density at radius 1 is 1.25 bits per heavy atom. The van der Waals surface area contributed by atoms with Crippen LogP contribution in [-0.4, -0.2) is 26.5 Å². The maximum atomic E-state index is 14.1. The standard InChI is InChI=1S/C19H22F4N2O2S/c1-17(2,20)16-10-14(25(26)24-16)15-11-18(3,7-8-27-15)28-13-6-4-5-12(9-13)19(21,22)23/h4-6,9-10,15,26H,7-8,11H2,1-3H3. The van der Waals surface area contributed by atoms with Crippen molar-refractivity contribution in [3.63, 3.8) is 0 Å². The fourth-order valence-electron chi connectivity index (χ4n) is 3.17. The van der Waals surface area contributed by atoms with Crippen molar-refractivity contribution in [2.24, 2.45) is 0 Å². The van der Waals surface area contributed by atoms with E-state index >= 15 is 0 Å². The van der Waals surface area contributed by atoms with Crippen LogP contribution in [0.3, 0.4) is 0 Å². The lowest BCUT2D eigenvalue weighted by atomic mass is 9.94. The number of thioether (sulfide) groups is 1. The smallest absolute Gasteiger partial charge is 0.411 e. The van der Waals surface area contributed by atoms with Gasteiger partial charge in [-0.15, -0.1) is 21.7 Å². The van der Waals surface area contributed by atoms with E-state index < -0.39 is 28.3 Å². The first-order valence-corrected chi connectivity index (χ1v) is 9.66. The van der Waals surface area contributed by atoms with Crippen molar-refractivity contribution in [1.29, 1.82) is 0 Å². The SMILES string of the molecule is CC1(Sc2cccc(C(F)(F)F)c2)CCOC(c2cc(C(C)(C)F)nn2O)C1. The first-order chi connectivity index (χ1) is 12.9.